The lowest BCUT2D eigenvalue weighted by atomic mass is 10.2. The van der Waals surface area contributed by atoms with Gasteiger partial charge in [0, 0.05) is 20.1 Å². The Morgan fingerprint density at radius 1 is 1.24 bits per heavy atom. The number of nitrogens with one attached hydrogen (secondary N) is 1. The van der Waals surface area contributed by atoms with Crippen molar-refractivity contribution in [3.8, 4) is 0 Å². The fraction of sp³-hybridized carbons (Fsp3) is 0.500. The van der Waals surface area contributed by atoms with Crippen LogP contribution < -0.4 is 4.72 Å². The SMILES string of the molecule is CCCCN(C)S(=O)(=O)NCc1ccccc1. The molecule has 0 atom stereocenters. The number of hydrogen-bond donors (Lipinski definition) is 1. The summed E-state index contributed by atoms with van der Waals surface area (Å²) >= 11 is 0. The molecule has 1 aromatic carbocycles. The summed E-state index contributed by atoms with van der Waals surface area (Å²) in [5.74, 6) is 0. The first-order valence-electron chi connectivity index (χ1n) is 5.81. The highest BCUT2D eigenvalue weighted by Gasteiger charge is 2.15. The van der Waals surface area contributed by atoms with E-state index in [-0.39, 0.29) is 0 Å². The predicted octanol–water partition coefficient (Wildman–Crippen LogP) is 1.75. The van der Waals surface area contributed by atoms with E-state index < -0.39 is 10.2 Å². The summed E-state index contributed by atoms with van der Waals surface area (Å²) in [7, 11) is -1.75. The molecular weight excluding hydrogens is 236 g/mol. The van der Waals surface area contributed by atoms with Gasteiger partial charge in [-0.05, 0) is 12.0 Å². The fourth-order valence-electron chi connectivity index (χ4n) is 1.38. The van der Waals surface area contributed by atoms with Crippen LogP contribution in [0, 0.1) is 0 Å². The first-order chi connectivity index (χ1) is 8.06. The summed E-state index contributed by atoms with van der Waals surface area (Å²) in [6.45, 7) is 2.93. The van der Waals surface area contributed by atoms with Crippen LogP contribution in [0.4, 0.5) is 0 Å². The molecule has 0 fully saturated rings. The van der Waals surface area contributed by atoms with Gasteiger partial charge in [-0.25, -0.2) is 0 Å². The van der Waals surface area contributed by atoms with Crippen molar-refractivity contribution < 1.29 is 8.42 Å². The Labute approximate surface area is 104 Å². The number of unbranched alkanes of at least 4 members (excludes halogenated alkanes) is 1. The lowest BCUT2D eigenvalue weighted by molar-refractivity contribution is 0.448. The molecule has 0 amide bonds. The van der Waals surface area contributed by atoms with Crippen molar-refractivity contribution in [1.29, 1.82) is 0 Å². The standard InChI is InChI=1S/C12H20N2O2S/c1-3-4-10-14(2)17(15,16)13-11-12-8-6-5-7-9-12/h5-9,13H,3-4,10-11H2,1-2H3. The van der Waals surface area contributed by atoms with Gasteiger partial charge in [-0.2, -0.15) is 17.4 Å². The van der Waals surface area contributed by atoms with Gasteiger partial charge in [0.15, 0.2) is 0 Å². The van der Waals surface area contributed by atoms with Gasteiger partial charge in [-0.15, -0.1) is 0 Å². The highest BCUT2D eigenvalue weighted by Crippen LogP contribution is 2.02. The van der Waals surface area contributed by atoms with Gasteiger partial charge in [0.2, 0.25) is 0 Å². The third kappa shape index (κ3) is 4.85. The van der Waals surface area contributed by atoms with Crippen LogP contribution in [0.2, 0.25) is 0 Å². The molecule has 4 nitrogen and oxygen atoms in total. The van der Waals surface area contributed by atoms with Gasteiger partial charge in [-0.3, -0.25) is 0 Å². The zero-order valence-corrected chi connectivity index (χ0v) is 11.2. The Balaban J connectivity index is 2.50. The summed E-state index contributed by atoms with van der Waals surface area (Å²) in [4.78, 5) is 0. The first kappa shape index (κ1) is 14.2. The molecule has 0 aliphatic rings. The van der Waals surface area contributed by atoms with E-state index in [1.165, 1.54) is 4.31 Å². The second kappa shape index (κ2) is 6.74. The summed E-state index contributed by atoms with van der Waals surface area (Å²) in [6, 6.07) is 9.49. The van der Waals surface area contributed by atoms with Crippen molar-refractivity contribution >= 4 is 10.2 Å². The van der Waals surface area contributed by atoms with E-state index in [2.05, 4.69) is 4.72 Å². The van der Waals surface area contributed by atoms with Crippen LogP contribution in [-0.2, 0) is 16.8 Å². The van der Waals surface area contributed by atoms with Crippen LogP contribution in [0.5, 0.6) is 0 Å². The zero-order chi connectivity index (χ0) is 12.7. The van der Waals surface area contributed by atoms with Crippen LogP contribution in [0.25, 0.3) is 0 Å². The molecular formula is C12H20N2O2S. The molecule has 0 bridgehead atoms. The smallest absolute Gasteiger partial charge is 0.198 e. The van der Waals surface area contributed by atoms with Crippen LogP contribution in [-0.4, -0.2) is 26.3 Å². The zero-order valence-electron chi connectivity index (χ0n) is 10.4. The Morgan fingerprint density at radius 3 is 2.47 bits per heavy atom. The molecule has 0 aliphatic carbocycles. The number of hydrogen-bond acceptors (Lipinski definition) is 2. The van der Waals surface area contributed by atoms with Gasteiger partial charge in [0.25, 0.3) is 10.2 Å². The Hall–Kier alpha value is -0.910. The average molecular weight is 256 g/mol. The third-order valence-corrected chi connectivity index (χ3v) is 4.05. The summed E-state index contributed by atoms with van der Waals surface area (Å²) in [5, 5.41) is 0. The van der Waals surface area contributed by atoms with Gasteiger partial charge < -0.3 is 0 Å². The number of nitrogens with zero attached hydrogens (tertiary/aromatic N) is 1. The third-order valence-electron chi connectivity index (χ3n) is 2.54. The van der Waals surface area contributed by atoms with E-state index in [0.717, 1.165) is 18.4 Å². The lowest BCUT2D eigenvalue weighted by Gasteiger charge is -2.17. The van der Waals surface area contributed by atoms with Gasteiger partial charge in [-0.1, -0.05) is 43.7 Å². The Morgan fingerprint density at radius 2 is 1.88 bits per heavy atom. The molecule has 0 radical (unpaired) electrons. The molecule has 0 spiro atoms. The predicted molar refractivity (Wildman–Crippen MR) is 69.7 cm³/mol. The minimum absolute atomic E-state index is 0.333. The first-order valence-corrected chi connectivity index (χ1v) is 7.25. The van der Waals surface area contributed by atoms with Crippen molar-refractivity contribution in [3.63, 3.8) is 0 Å². The number of rotatable bonds is 7. The summed E-state index contributed by atoms with van der Waals surface area (Å²) < 4.78 is 27.6. The minimum atomic E-state index is -3.35. The molecule has 0 aliphatic heterocycles. The average Bonchev–Trinajstić information content (AvgIpc) is 2.35. The van der Waals surface area contributed by atoms with Crippen molar-refractivity contribution in [2.45, 2.75) is 26.3 Å². The highest BCUT2D eigenvalue weighted by atomic mass is 32.2. The molecule has 0 unspecified atom stereocenters. The summed E-state index contributed by atoms with van der Waals surface area (Å²) in [6.07, 6.45) is 1.86. The van der Waals surface area contributed by atoms with Crippen molar-refractivity contribution in [1.82, 2.24) is 9.03 Å². The topological polar surface area (TPSA) is 49.4 Å². The van der Waals surface area contributed by atoms with E-state index >= 15 is 0 Å². The molecule has 0 saturated heterocycles. The maximum Gasteiger partial charge on any atom is 0.279 e. The van der Waals surface area contributed by atoms with Crippen molar-refractivity contribution in [2.24, 2.45) is 0 Å². The largest absolute Gasteiger partial charge is 0.279 e. The van der Waals surface area contributed by atoms with Gasteiger partial charge in [0.05, 0.1) is 0 Å². The van der Waals surface area contributed by atoms with Gasteiger partial charge in [0.1, 0.15) is 0 Å². The van der Waals surface area contributed by atoms with Crippen molar-refractivity contribution in [3.05, 3.63) is 35.9 Å². The van der Waals surface area contributed by atoms with E-state index in [1.807, 2.05) is 37.3 Å². The lowest BCUT2D eigenvalue weighted by Crippen LogP contribution is -2.38. The van der Waals surface area contributed by atoms with E-state index in [1.54, 1.807) is 7.05 Å². The van der Waals surface area contributed by atoms with Crippen LogP contribution in [0.1, 0.15) is 25.3 Å². The molecule has 17 heavy (non-hydrogen) atoms. The normalized spacial score (nSPS) is 11.9. The van der Waals surface area contributed by atoms with Crippen molar-refractivity contribution in [2.75, 3.05) is 13.6 Å². The Bertz CT molecular complexity index is 417. The molecule has 0 saturated carbocycles. The highest BCUT2D eigenvalue weighted by molar-refractivity contribution is 7.87. The Kier molecular flexibility index (Phi) is 5.61. The molecule has 1 aromatic rings. The molecule has 0 heterocycles. The van der Waals surface area contributed by atoms with Crippen LogP contribution >= 0.6 is 0 Å². The monoisotopic (exact) mass is 256 g/mol. The fourth-order valence-corrected chi connectivity index (χ4v) is 2.32. The second-order valence-electron chi connectivity index (χ2n) is 3.99. The summed E-state index contributed by atoms with van der Waals surface area (Å²) in [5.41, 5.74) is 0.958. The van der Waals surface area contributed by atoms with Gasteiger partial charge >= 0.3 is 0 Å². The minimum Gasteiger partial charge on any atom is -0.198 e. The quantitative estimate of drug-likeness (QED) is 0.808. The molecule has 1 rings (SSSR count). The maximum absolute atomic E-state index is 11.8. The molecule has 96 valence electrons. The maximum atomic E-state index is 11.8. The number of benzene rings is 1. The molecule has 1 N–H and O–H groups in total. The second-order valence-corrected chi connectivity index (χ2v) is 5.85. The van der Waals surface area contributed by atoms with E-state index in [9.17, 15) is 8.42 Å². The van der Waals surface area contributed by atoms with Crippen LogP contribution in [0.3, 0.4) is 0 Å². The van der Waals surface area contributed by atoms with Crippen LogP contribution in [0.15, 0.2) is 30.3 Å². The molecule has 5 heteroatoms. The van der Waals surface area contributed by atoms with E-state index in [0.29, 0.717) is 13.1 Å². The molecule has 0 aromatic heterocycles. The van der Waals surface area contributed by atoms with E-state index in [4.69, 9.17) is 0 Å².